The van der Waals surface area contributed by atoms with Crippen molar-refractivity contribution in [3.63, 3.8) is 0 Å². The molecule has 0 radical (unpaired) electrons. The number of Topliss-reactive ketones (excluding diaryl/α,β-unsaturated/α-hetero) is 4. The van der Waals surface area contributed by atoms with E-state index >= 15 is 0 Å². The molecule has 10 rings (SSSR count). The van der Waals surface area contributed by atoms with Crippen molar-refractivity contribution in [2.75, 3.05) is 26.4 Å². The van der Waals surface area contributed by atoms with Crippen LogP contribution in [0.4, 0.5) is 0 Å². The second-order valence-electron chi connectivity index (χ2n) is 30.2. The average molecular weight is 1140 g/mol. The Balaban J connectivity index is 0.000000198. The summed E-state index contributed by atoms with van der Waals surface area (Å²) in [7, 11) is 0. The smallest absolute Gasteiger partial charge is 0.159 e. The standard InChI is InChI=1S/C38H64O4.C36H60O4/c1-3-5-7-9-27-41-33-15-11-29(12-16-33)31-19-23-37(24-20-31)35(39)38(36(37)40)25-21-32(22-26-38)30-13-17-34(18-14-30)42-28-10-8-6-4-2;1-3-5-7-25-39-31-13-9-27(10-14-31)29-17-21-35(22-18-29)33(37)36(34(35)38)23-19-30(20-24-36)28-11-15-32(16-12-28)40-26-8-6-4-2/h29-34H,3-28H2,1-2H3;27-32H,3-26H2,1-2H3/t29-,30-,31?,32?,33-,34-,37?,38?;27-,28-,29?,30?,31-,32-,35?,36?. The van der Waals surface area contributed by atoms with Gasteiger partial charge in [-0.15, -0.1) is 0 Å². The predicted molar refractivity (Wildman–Crippen MR) is 332 cm³/mol. The lowest BCUT2D eigenvalue weighted by molar-refractivity contribution is -0.180. The van der Waals surface area contributed by atoms with Crippen LogP contribution in [0.5, 0.6) is 0 Å². The molecule has 82 heavy (non-hydrogen) atoms. The number of ketones is 4. The zero-order valence-corrected chi connectivity index (χ0v) is 53.5. The van der Waals surface area contributed by atoms with E-state index in [1.54, 1.807) is 0 Å². The van der Waals surface area contributed by atoms with Crippen molar-refractivity contribution < 1.29 is 38.1 Å². The van der Waals surface area contributed by atoms with Crippen LogP contribution in [0.3, 0.4) is 0 Å². The Morgan fingerprint density at radius 3 is 0.610 bits per heavy atom. The first-order valence-corrected chi connectivity index (χ1v) is 36.7. The van der Waals surface area contributed by atoms with Crippen molar-refractivity contribution in [3.05, 3.63) is 0 Å². The highest BCUT2D eigenvalue weighted by Crippen LogP contribution is 2.65. The van der Waals surface area contributed by atoms with Crippen LogP contribution in [-0.2, 0) is 38.1 Å². The van der Waals surface area contributed by atoms with Gasteiger partial charge in [0.05, 0.1) is 46.1 Å². The first-order chi connectivity index (χ1) is 40.0. The second-order valence-corrected chi connectivity index (χ2v) is 30.2. The Morgan fingerprint density at radius 1 is 0.244 bits per heavy atom. The third kappa shape index (κ3) is 15.1. The normalized spacial score (nSPS) is 39.8. The van der Waals surface area contributed by atoms with Gasteiger partial charge in [-0.3, -0.25) is 19.2 Å². The van der Waals surface area contributed by atoms with Crippen molar-refractivity contribution in [2.45, 2.75) is 347 Å². The molecule has 8 heteroatoms. The monoisotopic (exact) mass is 1140 g/mol. The number of hydrogen-bond donors (Lipinski definition) is 0. The molecule has 0 aromatic rings. The molecule has 0 heterocycles. The largest absolute Gasteiger partial charge is 0.378 e. The maximum Gasteiger partial charge on any atom is 0.159 e. The molecule has 0 bridgehead atoms. The summed E-state index contributed by atoms with van der Waals surface area (Å²) in [5, 5.41) is 0. The van der Waals surface area contributed by atoms with Crippen LogP contribution in [0.2, 0.25) is 0 Å². The minimum absolute atomic E-state index is 0.371. The SMILES string of the molecule is CCCCCCO[C@H]1CC[C@H](C2CCC3(CC2)C(=O)C2(CCC([C@H]4CC[C@H](OCCCCCC)CC4)CC2)C3=O)CC1.CCCCCO[C@H]1CC[C@H](C2CCC3(CC2)C(=O)C2(CCC([C@H]4CC[C@H](OCCCCC)CC4)CC2)C3=O)CC1. The molecular formula is C74H124O8. The Kier molecular flexibility index (Phi) is 25.1. The van der Waals surface area contributed by atoms with Crippen LogP contribution in [-0.4, -0.2) is 74.0 Å². The van der Waals surface area contributed by atoms with Crippen molar-refractivity contribution in [1.29, 1.82) is 0 Å². The van der Waals surface area contributed by atoms with Gasteiger partial charge in [0.2, 0.25) is 0 Å². The summed E-state index contributed by atoms with van der Waals surface area (Å²) in [6.45, 7) is 12.7. The molecule has 0 atom stereocenters. The number of unbranched alkanes of at least 4 members (excludes halogenated alkanes) is 10. The van der Waals surface area contributed by atoms with Gasteiger partial charge in [0.25, 0.3) is 0 Å². The molecule has 10 aliphatic carbocycles. The lowest BCUT2D eigenvalue weighted by atomic mass is 9.41. The van der Waals surface area contributed by atoms with Crippen LogP contribution in [0, 0.1) is 69.0 Å². The molecule has 10 aliphatic rings. The number of ether oxygens (including phenoxy) is 4. The quantitative estimate of drug-likeness (QED) is 0.0623. The highest BCUT2D eigenvalue weighted by molar-refractivity contribution is 6.31. The van der Waals surface area contributed by atoms with Gasteiger partial charge in [0, 0.05) is 26.4 Å². The molecule has 0 N–H and O–H groups in total. The summed E-state index contributed by atoms with van der Waals surface area (Å²) in [4.78, 5) is 55.3. The van der Waals surface area contributed by atoms with Gasteiger partial charge < -0.3 is 18.9 Å². The highest BCUT2D eigenvalue weighted by atomic mass is 16.5. The van der Waals surface area contributed by atoms with Crippen molar-refractivity contribution in [2.24, 2.45) is 69.0 Å². The van der Waals surface area contributed by atoms with Crippen LogP contribution in [0.1, 0.15) is 323 Å². The van der Waals surface area contributed by atoms with Crippen LogP contribution in [0.25, 0.3) is 0 Å². The van der Waals surface area contributed by atoms with E-state index in [1.807, 2.05) is 0 Å². The fraction of sp³-hybridized carbons (Fsp3) is 0.946. The van der Waals surface area contributed by atoms with Crippen LogP contribution >= 0.6 is 0 Å². The molecule has 8 nitrogen and oxygen atoms in total. The van der Waals surface area contributed by atoms with E-state index in [9.17, 15) is 19.2 Å². The fourth-order valence-electron chi connectivity index (χ4n) is 20.0. The fourth-order valence-corrected chi connectivity index (χ4v) is 20.0. The van der Waals surface area contributed by atoms with Gasteiger partial charge in [-0.2, -0.15) is 0 Å². The van der Waals surface area contributed by atoms with E-state index in [4.69, 9.17) is 18.9 Å². The summed E-state index contributed by atoms with van der Waals surface area (Å²) in [6, 6.07) is 0. The number of carbonyl (C=O) groups is 4. The van der Waals surface area contributed by atoms with E-state index in [2.05, 4.69) is 27.7 Å². The molecule has 0 saturated heterocycles. The first kappa shape index (κ1) is 65.0. The van der Waals surface area contributed by atoms with Gasteiger partial charge >= 0.3 is 0 Å². The molecule has 4 spiro atoms. The molecule has 0 aromatic carbocycles. The molecular weight excluding hydrogens is 1020 g/mol. The van der Waals surface area contributed by atoms with E-state index in [0.717, 1.165) is 153 Å². The van der Waals surface area contributed by atoms with E-state index in [1.165, 1.54) is 193 Å². The first-order valence-electron chi connectivity index (χ1n) is 36.7. The van der Waals surface area contributed by atoms with Gasteiger partial charge in [0.15, 0.2) is 23.1 Å². The zero-order valence-electron chi connectivity index (χ0n) is 53.5. The highest BCUT2D eigenvalue weighted by Gasteiger charge is 2.72. The lowest BCUT2D eigenvalue weighted by Crippen LogP contribution is -2.68. The van der Waals surface area contributed by atoms with Gasteiger partial charge in [-0.1, -0.05) is 91.9 Å². The van der Waals surface area contributed by atoms with Gasteiger partial charge in [0.1, 0.15) is 0 Å². The summed E-state index contributed by atoms with van der Waals surface area (Å²) >= 11 is 0. The van der Waals surface area contributed by atoms with Gasteiger partial charge in [-0.25, -0.2) is 0 Å². The van der Waals surface area contributed by atoms with Crippen LogP contribution in [0.15, 0.2) is 0 Å². The minimum Gasteiger partial charge on any atom is -0.378 e. The molecule has 468 valence electrons. The molecule has 10 saturated carbocycles. The summed E-state index contributed by atoms with van der Waals surface area (Å²) in [5.74, 6) is 7.44. The number of hydrogen-bond acceptors (Lipinski definition) is 8. The van der Waals surface area contributed by atoms with Crippen molar-refractivity contribution >= 4 is 23.1 Å². The molecule has 0 amide bonds. The number of rotatable bonds is 26. The predicted octanol–water partition coefficient (Wildman–Crippen LogP) is 18.8. The zero-order chi connectivity index (χ0) is 57.4. The molecule has 0 aromatic heterocycles. The third-order valence-corrected chi connectivity index (χ3v) is 25.5. The Hall–Kier alpha value is -1.48. The third-order valence-electron chi connectivity index (χ3n) is 25.5. The molecule has 0 aliphatic heterocycles. The topological polar surface area (TPSA) is 105 Å². The maximum absolute atomic E-state index is 13.9. The van der Waals surface area contributed by atoms with Crippen molar-refractivity contribution in [3.8, 4) is 0 Å². The lowest BCUT2D eigenvalue weighted by Gasteiger charge is -2.58. The Morgan fingerprint density at radius 2 is 0.415 bits per heavy atom. The summed E-state index contributed by atoms with van der Waals surface area (Å²) < 4.78 is 24.7. The Labute approximate surface area is 501 Å². The summed E-state index contributed by atoms with van der Waals surface area (Å²) in [6.07, 6.45) is 54.8. The average Bonchev–Trinajstić information content (AvgIpc) is 1.10. The number of carbonyl (C=O) groups excluding carboxylic acids is 4. The van der Waals surface area contributed by atoms with E-state index in [-0.39, 0.29) is 0 Å². The molecule has 10 fully saturated rings. The van der Waals surface area contributed by atoms with Crippen LogP contribution < -0.4 is 0 Å². The Bertz CT molecular complexity index is 1740. The van der Waals surface area contributed by atoms with E-state index in [0.29, 0.717) is 71.2 Å². The van der Waals surface area contributed by atoms with Crippen molar-refractivity contribution in [1.82, 2.24) is 0 Å². The maximum atomic E-state index is 13.9. The minimum atomic E-state index is -0.589. The van der Waals surface area contributed by atoms with E-state index < -0.39 is 21.7 Å². The second kappa shape index (κ2) is 31.6. The van der Waals surface area contributed by atoms with Gasteiger partial charge in [-0.05, 0) is 278 Å². The summed E-state index contributed by atoms with van der Waals surface area (Å²) in [5.41, 5.74) is -2.35. The molecule has 0 unspecified atom stereocenters.